The number of fused-ring (bicyclic) bond motifs is 2. The fourth-order valence-corrected chi connectivity index (χ4v) is 5.21. The summed E-state index contributed by atoms with van der Waals surface area (Å²) in [6.07, 6.45) is 1.77. The molecule has 1 aliphatic heterocycles. The first-order chi connectivity index (χ1) is 16.0. The van der Waals surface area contributed by atoms with Crippen LogP contribution < -0.4 is 14.8 Å². The third-order valence-electron chi connectivity index (χ3n) is 5.84. The molecule has 1 unspecified atom stereocenters. The molecule has 0 saturated heterocycles. The summed E-state index contributed by atoms with van der Waals surface area (Å²) >= 11 is 0. The minimum absolute atomic E-state index is 0.00507. The molecule has 0 radical (unpaired) electrons. The Labute approximate surface area is 192 Å². The highest BCUT2D eigenvalue weighted by molar-refractivity contribution is 7.93. The van der Waals surface area contributed by atoms with Gasteiger partial charge in [0.05, 0.1) is 5.69 Å². The van der Waals surface area contributed by atoms with Gasteiger partial charge in [0, 0.05) is 18.7 Å². The Kier molecular flexibility index (Phi) is 5.74. The van der Waals surface area contributed by atoms with Gasteiger partial charge in [0.15, 0.2) is 5.52 Å². The van der Waals surface area contributed by atoms with Crippen LogP contribution >= 0.6 is 0 Å². The van der Waals surface area contributed by atoms with Crippen molar-refractivity contribution in [2.45, 2.75) is 36.8 Å². The topological polar surface area (TPSA) is 106 Å². The van der Waals surface area contributed by atoms with E-state index in [0.29, 0.717) is 23.5 Å². The van der Waals surface area contributed by atoms with E-state index in [2.05, 4.69) is 44.0 Å². The average molecular weight is 465 g/mol. The van der Waals surface area contributed by atoms with Crippen molar-refractivity contribution in [3.05, 3.63) is 77.9 Å². The molecule has 170 valence electrons. The molecule has 33 heavy (non-hydrogen) atoms. The number of nitrogens with zero attached hydrogens (tertiary/aromatic N) is 2. The number of rotatable bonds is 7. The van der Waals surface area contributed by atoms with Crippen molar-refractivity contribution in [3.63, 3.8) is 0 Å². The Morgan fingerprint density at radius 2 is 1.91 bits per heavy atom. The molecule has 8 nitrogen and oxygen atoms in total. The number of hydrogen-bond acceptors (Lipinski definition) is 7. The summed E-state index contributed by atoms with van der Waals surface area (Å²) in [5, 5.41) is 11.0. The van der Waals surface area contributed by atoms with Crippen LogP contribution in [0.25, 0.3) is 11.0 Å². The molecule has 0 amide bonds. The number of benzene rings is 3. The fourth-order valence-electron chi connectivity index (χ4n) is 4.01. The molecular weight excluding hydrogens is 440 g/mol. The molecule has 0 saturated carbocycles. The standard InChI is InChI=1S/C24H24N4O4S/c1-16(17-6-3-2-4-7-17)25-15-20-13-11-18-10-12-19(14-22(18)31-20)28-33(29,30)23-9-5-8-21-24(23)27-32-26-21/h2-10,12,14,16,20,25,28H,11,13,15H2,1H3/t16-,20?/m1/s1. The molecular formula is C24H24N4O4S. The molecule has 1 aromatic heterocycles. The monoisotopic (exact) mass is 464 g/mol. The Morgan fingerprint density at radius 3 is 2.76 bits per heavy atom. The lowest BCUT2D eigenvalue weighted by atomic mass is 10.0. The van der Waals surface area contributed by atoms with E-state index < -0.39 is 10.0 Å². The molecule has 2 N–H and O–H groups in total. The average Bonchev–Trinajstić information content (AvgIpc) is 3.31. The molecule has 0 aliphatic carbocycles. The summed E-state index contributed by atoms with van der Waals surface area (Å²) in [7, 11) is -3.88. The minimum Gasteiger partial charge on any atom is -0.489 e. The maximum atomic E-state index is 13.0. The Bertz CT molecular complexity index is 1370. The SMILES string of the molecule is C[C@@H](NCC1CCc2ccc(NS(=O)(=O)c3cccc4nonc34)cc2O1)c1ccccc1. The summed E-state index contributed by atoms with van der Waals surface area (Å²) in [4.78, 5) is 0.0110. The van der Waals surface area contributed by atoms with Gasteiger partial charge >= 0.3 is 0 Å². The third kappa shape index (κ3) is 4.55. The van der Waals surface area contributed by atoms with Gasteiger partial charge in [0.25, 0.3) is 10.0 Å². The predicted octanol–water partition coefficient (Wildman–Crippen LogP) is 4.07. The highest BCUT2D eigenvalue weighted by atomic mass is 32.2. The normalized spacial score (nSPS) is 16.7. The molecule has 0 fully saturated rings. The second kappa shape index (κ2) is 8.84. The smallest absolute Gasteiger partial charge is 0.264 e. The first-order valence-corrected chi connectivity index (χ1v) is 12.3. The minimum atomic E-state index is -3.88. The highest BCUT2D eigenvalue weighted by Crippen LogP contribution is 2.32. The molecule has 2 heterocycles. The fraction of sp³-hybridized carbons (Fsp3) is 0.250. The van der Waals surface area contributed by atoms with Gasteiger partial charge in [0.2, 0.25) is 0 Å². The molecule has 9 heteroatoms. The zero-order valence-electron chi connectivity index (χ0n) is 18.1. The number of nitrogens with one attached hydrogen (secondary N) is 2. The number of aromatic nitrogens is 2. The van der Waals surface area contributed by atoms with Gasteiger partial charge in [-0.1, -0.05) is 42.5 Å². The summed E-state index contributed by atoms with van der Waals surface area (Å²) < 4.78 is 39.5. The van der Waals surface area contributed by atoms with Crippen molar-refractivity contribution in [3.8, 4) is 5.75 Å². The summed E-state index contributed by atoms with van der Waals surface area (Å²) in [5.41, 5.74) is 3.29. The predicted molar refractivity (Wildman–Crippen MR) is 125 cm³/mol. The second-order valence-corrected chi connectivity index (χ2v) is 9.79. The first-order valence-electron chi connectivity index (χ1n) is 10.8. The third-order valence-corrected chi connectivity index (χ3v) is 7.25. The molecule has 2 atom stereocenters. The van der Waals surface area contributed by atoms with Crippen LogP contribution in [0.15, 0.2) is 76.3 Å². The van der Waals surface area contributed by atoms with E-state index in [-0.39, 0.29) is 22.6 Å². The van der Waals surface area contributed by atoms with E-state index in [4.69, 9.17) is 4.74 Å². The van der Waals surface area contributed by atoms with E-state index in [1.807, 2.05) is 24.3 Å². The zero-order valence-corrected chi connectivity index (χ0v) is 18.9. The maximum Gasteiger partial charge on any atom is 0.264 e. The van der Waals surface area contributed by atoms with Gasteiger partial charge in [-0.05, 0) is 59.4 Å². The maximum absolute atomic E-state index is 13.0. The number of anilines is 1. The molecule has 4 aromatic rings. The lowest BCUT2D eigenvalue weighted by Crippen LogP contribution is -2.35. The summed E-state index contributed by atoms with van der Waals surface area (Å²) in [6.45, 7) is 2.83. The van der Waals surface area contributed by atoms with Crippen molar-refractivity contribution in [2.75, 3.05) is 11.3 Å². The lowest BCUT2D eigenvalue weighted by Gasteiger charge is -2.28. The number of aryl methyl sites for hydroxylation is 1. The van der Waals surface area contributed by atoms with Crippen molar-refractivity contribution in [1.82, 2.24) is 15.6 Å². The van der Waals surface area contributed by atoms with Crippen LogP contribution in [0.1, 0.15) is 30.5 Å². The zero-order chi connectivity index (χ0) is 22.8. The van der Waals surface area contributed by atoms with Crippen LogP contribution in [0.2, 0.25) is 0 Å². The second-order valence-electron chi connectivity index (χ2n) is 8.14. The van der Waals surface area contributed by atoms with Crippen LogP contribution in [0.3, 0.4) is 0 Å². The van der Waals surface area contributed by atoms with E-state index in [0.717, 1.165) is 18.4 Å². The molecule has 0 spiro atoms. The number of ether oxygens (including phenoxy) is 1. The van der Waals surface area contributed by atoms with E-state index in [1.165, 1.54) is 11.6 Å². The highest BCUT2D eigenvalue weighted by Gasteiger charge is 2.24. The van der Waals surface area contributed by atoms with E-state index in [9.17, 15) is 8.42 Å². The largest absolute Gasteiger partial charge is 0.489 e. The quantitative estimate of drug-likeness (QED) is 0.425. The van der Waals surface area contributed by atoms with Crippen LogP contribution in [-0.2, 0) is 16.4 Å². The number of sulfonamides is 1. The van der Waals surface area contributed by atoms with Gasteiger partial charge in [-0.2, -0.15) is 0 Å². The number of hydrogen-bond donors (Lipinski definition) is 2. The Hall–Kier alpha value is -3.43. The summed E-state index contributed by atoms with van der Waals surface area (Å²) in [5.74, 6) is 0.696. The van der Waals surface area contributed by atoms with Crippen LogP contribution in [0.5, 0.6) is 5.75 Å². The van der Waals surface area contributed by atoms with Gasteiger partial charge < -0.3 is 10.1 Å². The molecule has 5 rings (SSSR count). The van der Waals surface area contributed by atoms with Gasteiger partial charge in [-0.25, -0.2) is 13.0 Å². The van der Waals surface area contributed by atoms with Crippen LogP contribution in [-0.4, -0.2) is 31.4 Å². The molecule has 0 bridgehead atoms. The molecule has 1 aliphatic rings. The Morgan fingerprint density at radius 1 is 1.06 bits per heavy atom. The van der Waals surface area contributed by atoms with Gasteiger partial charge in [-0.15, -0.1) is 0 Å². The van der Waals surface area contributed by atoms with Crippen molar-refractivity contribution in [1.29, 1.82) is 0 Å². The molecule has 3 aromatic carbocycles. The summed E-state index contributed by atoms with van der Waals surface area (Å²) in [6, 6.07) is 20.6. The Balaban J connectivity index is 1.28. The van der Waals surface area contributed by atoms with E-state index in [1.54, 1.807) is 24.3 Å². The van der Waals surface area contributed by atoms with Crippen LogP contribution in [0.4, 0.5) is 5.69 Å². The van der Waals surface area contributed by atoms with Crippen LogP contribution in [0, 0.1) is 0 Å². The van der Waals surface area contributed by atoms with Gasteiger partial charge in [-0.3, -0.25) is 4.72 Å². The van der Waals surface area contributed by atoms with Crippen molar-refractivity contribution in [2.24, 2.45) is 0 Å². The van der Waals surface area contributed by atoms with E-state index >= 15 is 0 Å². The van der Waals surface area contributed by atoms with Crippen molar-refractivity contribution >= 4 is 26.7 Å². The van der Waals surface area contributed by atoms with Gasteiger partial charge in [0.1, 0.15) is 22.3 Å². The first kappa shape index (κ1) is 21.4. The van der Waals surface area contributed by atoms with Crippen molar-refractivity contribution < 1.29 is 17.8 Å². The lowest BCUT2D eigenvalue weighted by molar-refractivity contribution is 0.167.